The number of fused-ring (bicyclic) bond motifs is 1. The van der Waals surface area contributed by atoms with E-state index in [0.29, 0.717) is 6.54 Å². The Morgan fingerprint density at radius 3 is 2.57 bits per heavy atom. The van der Waals surface area contributed by atoms with E-state index >= 15 is 0 Å². The van der Waals surface area contributed by atoms with Crippen molar-refractivity contribution in [1.82, 2.24) is 10.2 Å². The Morgan fingerprint density at radius 1 is 1.09 bits per heavy atom. The second-order valence-corrected chi connectivity index (χ2v) is 6.80. The number of hydrogen-bond acceptors (Lipinski definition) is 2. The fourth-order valence-corrected chi connectivity index (χ4v) is 3.65. The van der Waals surface area contributed by atoms with Crippen LogP contribution in [0.25, 0.3) is 0 Å². The van der Waals surface area contributed by atoms with Gasteiger partial charge in [-0.3, -0.25) is 4.79 Å². The van der Waals surface area contributed by atoms with E-state index in [1.54, 1.807) is 0 Å². The van der Waals surface area contributed by atoms with Crippen molar-refractivity contribution in [1.29, 1.82) is 0 Å². The van der Waals surface area contributed by atoms with Gasteiger partial charge in [-0.1, -0.05) is 48.0 Å². The molecule has 118 valence electrons. The molecule has 2 aromatic rings. The van der Waals surface area contributed by atoms with Crippen LogP contribution in [0.2, 0.25) is 5.02 Å². The zero-order valence-corrected chi connectivity index (χ0v) is 13.6. The van der Waals surface area contributed by atoms with E-state index in [1.165, 1.54) is 16.7 Å². The Bertz CT molecular complexity index is 727. The number of halogens is 1. The molecule has 4 rings (SSSR count). The second kappa shape index (κ2) is 5.99. The molecule has 2 aliphatic rings. The maximum absolute atomic E-state index is 12.9. The summed E-state index contributed by atoms with van der Waals surface area (Å²) in [6.45, 7) is 2.23. The second-order valence-electron chi connectivity index (χ2n) is 6.36. The number of nitrogens with zero attached hydrogens (tertiary/aromatic N) is 1. The molecule has 23 heavy (non-hydrogen) atoms. The summed E-state index contributed by atoms with van der Waals surface area (Å²) in [6, 6.07) is 16.5. The quantitative estimate of drug-likeness (QED) is 0.919. The van der Waals surface area contributed by atoms with Crippen LogP contribution in [0.3, 0.4) is 0 Å². The van der Waals surface area contributed by atoms with Crippen molar-refractivity contribution < 1.29 is 4.79 Å². The summed E-state index contributed by atoms with van der Waals surface area (Å²) in [5, 5.41) is 3.93. The van der Waals surface area contributed by atoms with E-state index in [9.17, 15) is 4.79 Å². The molecular formula is C19H19ClN2O. The van der Waals surface area contributed by atoms with Crippen molar-refractivity contribution in [3.8, 4) is 0 Å². The van der Waals surface area contributed by atoms with Gasteiger partial charge in [-0.2, -0.15) is 0 Å². The minimum atomic E-state index is 0.109. The van der Waals surface area contributed by atoms with E-state index < -0.39 is 0 Å². The molecule has 1 amide bonds. The molecule has 0 spiro atoms. The molecule has 0 saturated carbocycles. The lowest BCUT2D eigenvalue weighted by molar-refractivity contribution is -0.141. The molecule has 2 aromatic carbocycles. The molecule has 2 heterocycles. The van der Waals surface area contributed by atoms with E-state index in [0.717, 1.165) is 24.5 Å². The Kier molecular flexibility index (Phi) is 3.83. The van der Waals surface area contributed by atoms with Crippen LogP contribution in [0.1, 0.15) is 22.7 Å². The summed E-state index contributed by atoms with van der Waals surface area (Å²) in [7, 11) is 0. The lowest BCUT2D eigenvalue weighted by Crippen LogP contribution is -2.53. The number of carbonyl (C=O) groups is 1. The maximum atomic E-state index is 12.9. The van der Waals surface area contributed by atoms with E-state index in [1.807, 2.05) is 35.2 Å². The van der Waals surface area contributed by atoms with Crippen LogP contribution in [0, 0.1) is 5.92 Å². The van der Waals surface area contributed by atoms with Gasteiger partial charge in [-0.15, -0.1) is 0 Å². The van der Waals surface area contributed by atoms with Crippen LogP contribution in [0.15, 0.2) is 48.5 Å². The van der Waals surface area contributed by atoms with Gasteiger partial charge in [0.2, 0.25) is 5.91 Å². The molecule has 0 bridgehead atoms. The number of amides is 1. The first-order chi connectivity index (χ1) is 11.2. The zero-order chi connectivity index (χ0) is 15.8. The van der Waals surface area contributed by atoms with Crippen LogP contribution in [-0.4, -0.2) is 23.9 Å². The van der Waals surface area contributed by atoms with Crippen molar-refractivity contribution in [2.45, 2.75) is 19.0 Å². The number of carbonyl (C=O) groups excluding carboxylic acids is 1. The van der Waals surface area contributed by atoms with E-state index in [2.05, 4.69) is 23.5 Å². The summed E-state index contributed by atoms with van der Waals surface area (Å²) in [5.41, 5.74) is 3.66. The first-order valence-electron chi connectivity index (χ1n) is 8.06. The Hall–Kier alpha value is -1.84. The standard InChI is InChI=1S/C19H19ClN2O/c20-17-7-6-14-9-18(13-4-2-1-3-5-13)22(12-15(14)8-17)19(23)16-10-21-11-16/h1-8,16,18,21H,9-12H2. The largest absolute Gasteiger partial charge is 0.331 e. The molecular weight excluding hydrogens is 308 g/mol. The third kappa shape index (κ3) is 2.75. The minimum absolute atomic E-state index is 0.109. The number of benzene rings is 2. The van der Waals surface area contributed by atoms with Crippen LogP contribution in [0.4, 0.5) is 0 Å². The molecule has 2 aliphatic heterocycles. The summed E-state index contributed by atoms with van der Waals surface area (Å²) in [4.78, 5) is 15.0. The lowest BCUT2D eigenvalue weighted by atomic mass is 9.88. The van der Waals surface area contributed by atoms with Gasteiger partial charge in [-0.25, -0.2) is 0 Å². The average Bonchev–Trinajstić information content (AvgIpc) is 2.52. The van der Waals surface area contributed by atoms with Crippen molar-refractivity contribution in [3.05, 3.63) is 70.2 Å². The van der Waals surface area contributed by atoms with Gasteiger partial charge in [0.25, 0.3) is 0 Å². The van der Waals surface area contributed by atoms with Crippen molar-refractivity contribution in [2.75, 3.05) is 13.1 Å². The maximum Gasteiger partial charge on any atom is 0.229 e. The SMILES string of the molecule is O=C(C1CNC1)N1Cc2cc(Cl)ccc2CC1c1ccccc1. The third-order valence-corrected chi connectivity index (χ3v) is 5.13. The fraction of sp³-hybridized carbons (Fsp3) is 0.316. The molecule has 0 aromatic heterocycles. The Labute approximate surface area is 141 Å². The predicted molar refractivity (Wildman–Crippen MR) is 91.2 cm³/mol. The molecule has 1 atom stereocenters. The lowest BCUT2D eigenvalue weighted by Gasteiger charge is -2.41. The summed E-state index contributed by atoms with van der Waals surface area (Å²) in [6.07, 6.45) is 0.850. The van der Waals surface area contributed by atoms with Gasteiger partial charge in [0.15, 0.2) is 0 Å². The molecule has 1 N–H and O–H groups in total. The monoisotopic (exact) mass is 326 g/mol. The van der Waals surface area contributed by atoms with Crippen molar-refractivity contribution >= 4 is 17.5 Å². The normalized spacial score (nSPS) is 20.7. The van der Waals surface area contributed by atoms with Crippen LogP contribution < -0.4 is 5.32 Å². The highest BCUT2D eigenvalue weighted by molar-refractivity contribution is 6.30. The van der Waals surface area contributed by atoms with Crippen molar-refractivity contribution in [3.63, 3.8) is 0 Å². The highest BCUT2D eigenvalue weighted by atomic mass is 35.5. The van der Waals surface area contributed by atoms with Crippen LogP contribution in [-0.2, 0) is 17.8 Å². The van der Waals surface area contributed by atoms with Gasteiger partial charge in [0.05, 0.1) is 12.0 Å². The summed E-state index contributed by atoms with van der Waals surface area (Å²) < 4.78 is 0. The number of hydrogen-bond donors (Lipinski definition) is 1. The van der Waals surface area contributed by atoms with Crippen LogP contribution >= 0.6 is 11.6 Å². The molecule has 1 unspecified atom stereocenters. The minimum Gasteiger partial charge on any atom is -0.331 e. The zero-order valence-electron chi connectivity index (χ0n) is 12.8. The number of rotatable bonds is 2. The average molecular weight is 327 g/mol. The molecule has 0 radical (unpaired) electrons. The first-order valence-corrected chi connectivity index (χ1v) is 8.43. The summed E-state index contributed by atoms with van der Waals surface area (Å²) >= 11 is 6.14. The topological polar surface area (TPSA) is 32.3 Å². The first kappa shape index (κ1) is 14.7. The van der Waals surface area contributed by atoms with Crippen molar-refractivity contribution in [2.24, 2.45) is 5.92 Å². The highest BCUT2D eigenvalue weighted by Gasteiger charge is 2.36. The van der Waals surface area contributed by atoms with E-state index in [-0.39, 0.29) is 17.9 Å². The smallest absolute Gasteiger partial charge is 0.229 e. The van der Waals surface area contributed by atoms with Gasteiger partial charge >= 0.3 is 0 Å². The third-order valence-electron chi connectivity index (χ3n) is 4.90. The van der Waals surface area contributed by atoms with Gasteiger partial charge < -0.3 is 10.2 Å². The Balaban J connectivity index is 1.71. The molecule has 0 aliphatic carbocycles. The Morgan fingerprint density at radius 2 is 1.87 bits per heavy atom. The van der Waals surface area contributed by atoms with Gasteiger partial charge in [0, 0.05) is 24.7 Å². The molecule has 1 saturated heterocycles. The van der Waals surface area contributed by atoms with Crippen LogP contribution in [0.5, 0.6) is 0 Å². The highest BCUT2D eigenvalue weighted by Crippen LogP contribution is 2.35. The molecule has 3 nitrogen and oxygen atoms in total. The fourth-order valence-electron chi connectivity index (χ4n) is 3.46. The molecule has 4 heteroatoms. The van der Waals surface area contributed by atoms with Gasteiger partial charge in [-0.05, 0) is 35.2 Å². The summed E-state index contributed by atoms with van der Waals surface area (Å²) in [5.74, 6) is 0.366. The van der Waals surface area contributed by atoms with Gasteiger partial charge in [0.1, 0.15) is 0 Å². The molecule has 1 fully saturated rings. The predicted octanol–water partition coefficient (Wildman–Crippen LogP) is 3.19. The van der Waals surface area contributed by atoms with E-state index in [4.69, 9.17) is 11.6 Å². The number of nitrogens with one attached hydrogen (secondary N) is 1.